The van der Waals surface area contributed by atoms with Crippen molar-refractivity contribution in [1.29, 1.82) is 0 Å². The average Bonchev–Trinajstić information content (AvgIpc) is 2.35. The van der Waals surface area contributed by atoms with Crippen LogP contribution in [0.2, 0.25) is 0 Å². The first-order valence-electron chi connectivity index (χ1n) is 7.46. The fraction of sp³-hybridized carbons (Fsp3) is 0.929. The Kier molecular flexibility index (Phi) is 6.23. The van der Waals surface area contributed by atoms with E-state index in [0.29, 0.717) is 13.1 Å². The Bertz CT molecular complexity index is 486. The van der Waals surface area contributed by atoms with Crippen LogP contribution < -0.4 is 0 Å². The lowest BCUT2D eigenvalue weighted by Crippen LogP contribution is -2.55. The summed E-state index contributed by atoms with van der Waals surface area (Å²) in [5, 5.41) is 9.35. The minimum absolute atomic E-state index is 0.0537. The second-order valence-corrected chi connectivity index (χ2v) is 8.69. The van der Waals surface area contributed by atoms with Gasteiger partial charge in [-0.1, -0.05) is 20.8 Å². The van der Waals surface area contributed by atoms with Gasteiger partial charge in [-0.05, 0) is 25.3 Å². The summed E-state index contributed by atoms with van der Waals surface area (Å²) in [6.07, 6.45) is 1.65. The minimum atomic E-state index is -3.42. The van der Waals surface area contributed by atoms with Crippen LogP contribution in [0.4, 0.5) is 4.79 Å². The van der Waals surface area contributed by atoms with Crippen LogP contribution in [0.3, 0.4) is 0 Å². The number of hydrogen-bond donors (Lipinski definition) is 1. The van der Waals surface area contributed by atoms with Crippen LogP contribution in [0.1, 0.15) is 33.6 Å². The molecule has 0 spiro atoms. The summed E-state index contributed by atoms with van der Waals surface area (Å²) in [5.74, 6) is 0. The molecule has 1 aliphatic rings. The highest BCUT2D eigenvalue weighted by Crippen LogP contribution is 2.33. The Hall–Kier alpha value is -0.860. The average molecular weight is 336 g/mol. The van der Waals surface area contributed by atoms with Crippen molar-refractivity contribution in [2.75, 3.05) is 33.0 Å². The van der Waals surface area contributed by atoms with E-state index in [1.807, 2.05) is 27.8 Å². The molecule has 0 aliphatic carbocycles. The molecule has 1 aliphatic heterocycles. The molecule has 2 atom stereocenters. The number of hydrogen-bond acceptors (Lipinski definition) is 5. The van der Waals surface area contributed by atoms with E-state index < -0.39 is 16.2 Å². The zero-order valence-corrected chi connectivity index (χ0v) is 14.9. The lowest BCUT2D eigenvalue weighted by atomic mass is 9.79. The van der Waals surface area contributed by atoms with Crippen molar-refractivity contribution in [2.45, 2.75) is 45.7 Å². The second-order valence-electron chi connectivity index (χ2n) is 7.04. The van der Waals surface area contributed by atoms with Gasteiger partial charge in [-0.25, -0.2) is 4.79 Å². The fourth-order valence-corrected chi connectivity index (χ4v) is 3.29. The largest absolute Gasteiger partial charge is 0.465 e. The highest BCUT2D eigenvalue weighted by molar-refractivity contribution is 7.85. The molecule has 2 unspecified atom stereocenters. The highest BCUT2D eigenvalue weighted by atomic mass is 32.2. The maximum Gasteiger partial charge on any atom is 0.407 e. The van der Waals surface area contributed by atoms with Gasteiger partial charge in [0.1, 0.15) is 0 Å². The van der Waals surface area contributed by atoms with Crippen LogP contribution in [0.5, 0.6) is 0 Å². The summed E-state index contributed by atoms with van der Waals surface area (Å²) in [7, 11) is -1.49. The van der Waals surface area contributed by atoms with Gasteiger partial charge in [0.15, 0.2) is 0 Å². The van der Waals surface area contributed by atoms with Gasteiger partial charge in [0, 0.05) is 25.2 Å². The molecule has 1 heterocycles. The molecule has 8 heteroatoms. The zero-order chi connectivity index (χ0) is 17.1. The van der Waals surface area contributed by atoms with Crippen molar-refractivity contribution in [2.24, 2.45) is 5.41 Å². The fourth-order valence-electron chi connectivity index (χ4n) is 2.91. The second kappa shape index (κ2) is 7.14. The standard InChI is InChI=1S/C14H28N2O5S/c1-14(2,3)12-10-11(6-7-16(12)13(17)18)15(4)8-9-21-22(5,19)20/h11-12H,6-10H2,1-5H3,(H,17,18). The Balaban J connectivity index is 2.64. The van der Waals surface area contributed by atoms with E-state index in [4.69, 9.17) is 4.18 Å². The summed E-state index contributed by atoms with van der Waals surface area (Å²) < 4.78 is 26.7. The van der Waals surface area contributed by atoms with Crippen molar-refractivity contribution in [3.8, 4) is 0 Å². The molecular formula is C14H28N2O5S. The molecule has 1 amide bonds. The number of amides is 1. The predicted octanol–water partition coefficient (Wildman–Crippen LogP) is 1.45. The summed E-state index contributed by atoms with van der Waals surface area (Å²) in [4.78, 5) is 15.0. The zero-order valence-electron chi connectivity index (χ0n) is 14.1. The van der Waals surface area contributed by atoms with Crippen LogP contribution in [0.25, 0.3) is 0 Å². The molecule has 0 bridgehead atoms. The van der Waals surface area contributed by atoms with Gasteiger partial charge in [0.2, 0.25) is 0 Å². The van der Waals surface area contributed by atoms with Gasteiger partial charge in [-0.2, -0.15) is 8.42 Å². The number of nitrogens with zero attached hydrogens (tertiary/aromatic N) is 2. The van der Waals surface area contributed by atoms with E-state index in [0.717, 1.165) is 19.1 Å². The van der Waals surface area contributed by atoms with E-state index in [9.17, 15) is 18.3 Å². The maximum atomic E-state index is 11.4. The van der Waals surface area contributed by atoms with Crippen LogP contribution >= 0.6 is 0 Å². The molecule has 0 aromatic rings. The Morgan fingerprint density at radius 3 is 2.45 bits per heavy atom. The van der Waals surface area contributed by atoms with Gasteiger partial charge in [0.25, 0.3) is 10.1 Å². The van der Waals surface area contributed by atoms with E-state index in [1.54, 1.807) is 0 Å². The molecule has 0 radical (unpaired) electrons. The molecule has 1 rings (SSSR count). The van der Waals surface area contributed by atoms with Gasteiger partial charge in [-0.15, -0.1) is 0 Å². The normalized spacial score (nSPS) is 23.8. The molecule has 22 heavy (non-hydrogen) atoms. The van der Waals surface area contributed by atoms with Crippen molar-refractivity contribution < 1.29 is 22.5 Å². The molecule has 0 aromatic carbocycles. The maximum absolute atomic E-state index is 11.4. The lowest BCUT2D eigenvalue weighted by molar-refractivity contribution is 0.0237. The molecule has 0 aromatic heterocycles. The van der Waals surface area contributed by atoms with Crippen molar-refractivity contribution in [3.05, 3.63) is 0 Å². The SMILES string of the molecule is CN(CCOS(C)(=O)=O)C1CCN(C(=O)O)C(C(C)(C)C)C1. The van der Waals surface area contributed by atoms with Gasteiger partial charge >= 0.3 is 6.09 Å². The topological polar surface area (TPSA) is 87.2 Å². The minimum Gasteiger partial charge on any atom is -0.465 e. The highest BCUT2D eigenvalue weighted by Gasteiger charge is 2.39. The number of carboxylic acid groups (broad SMARTS) is 1. The first kappa shape index (κ1) is 19.2. The lowest BCUT2D eigenvalue weighted by Gasteiger charge is -2.46. The quantitative estimate of drug-likeness (QED) is 0.765. The third-order valence-corrected chi connectivity index (χ3v) is 4.78. The van der Waals surface area contributed by atoms with E-state index >= 15 is 0 Å². The van der Waals surface area contributed by atoms with Crippen LogP contribution in [-0.4, -0.2) is 74.5 Å². The van der Waals surface area contributed by atoms with Crippen molar-refractivity contribution in [1.82, 2.24) is 9.80 Å². The summed E-state index contributed by atoms with van der Waals surface area (Å²) in [5.41, 5.74) is -0.138. The third kappa shape index (κ3) is 5.73. The molecule has 1 saturated heterocycles. The first-order chi connectivity index (χ1) is 9.92. The van der Waals surface area contributed by atoms with E-state index in [1.165, 1.54) is 4.90 Å². The van der Waals surface area contributed by atoms with E-state index in [2.05, 4.69) is 4.90 Å². The number of piperidine rings is 1. The van der Waals surface area contributed by atoms with Crippen LogP contribution in [-0.2, 0) is 14.3 Å². The van der Waals surface area contributed by atoms with E-state index in [-0.39, 0.29) is 24.1 Å². The molecule has 1 fully saturated rings. The molecular weight excluding hydrogens is 308 g/mol. The number of carbonyl (C=O) groups is 1. The number of rotatable bonds is 5. The Labute approximate surface area is 133 Å². The van der Waals surface area contributed by atoms with Gasteiger partial charge in [0.05, 0.1) is 12.9 Å². The van der Waals surface area contributed by atoms with Crippen LogP contribution in [0, 0.1) is 5.41 Å². The first-order valence-corrected chi connectivity index (χ1v) is 9.27. The molecule has 0 saturated carbocycles. The summed E-state index contributed by atoms with van der Waals surface area (Å²) in [6, 6.07) is 0.171. The molecule has 130 valence electrons. The number of likely N-dealkylation sites (tertiary alicyclic amines) is 1. The summed E-state index contributed by atoms with van der Waals surface area (Å²) >= 11 is 0. The smallest absolute Gasteiger partial charge is 0.407 e. The van der Waals surface area contributed by atoms with Crippen LogP contribution in [0.15, 0.2) is 0 Å². The Morgan fingerprint density at radius 2 is 2.00 bits per heavy atom. The third-order valence-electron chi connectivity index (χ3n) is 4.18. The summed E-state index contributed by atoms with van der Waals surface area (Å²) in [6.45, 7) is 7.25. The van der Waals surface area contributed by atoms with Gasteiger partial charge < -0.3 is 14.9 Å². The van der Waals surface area contributed by atoms with Crippen molar-refractivity contribution >= 4 is 16.2 Å². The van der Waals surface area contributed by atoms with Crippen molar-refractivity contribution in [3.63, 3.8) is 0 Å². The predicted molar refractivity (Wildman–Crippen MR) is 84.4 cm³/mol. The number of likely N-dealkylation sites (N-methyl/N-ethyl adjacent to an activating group) is 1. The molecule has 1 N–H and O–H groups in total. The Morgan fingerprint density at radius 1 is 1.41 bits per heavy atom. The van der Waals surface area contributed by atoms with Gasteiger partial charge in [-0.3, -0.25) is 4.18 Å². The monoisotopic (exact) mass is 336 g/mol. The molecule has 7 nitrogen and oxygen atoms in total.